The molecule has 3 aliphatic rings. The lowest BCUT2D eigenvalue weighted by atomic mass is 9.80. The molecule has 1 amide bonds. The van der Waals surface area contributed by atoms with Gasteiger partial charge in [-0.1, -0.05) is 31.3 Å². The van der Waals surface area contributed by atoms with Crippen LogP contribution in [0.3, 0.4) is 0 Å². The molecule has 1 saturated heterocycles. The lowest BCUT2D eigenvalue weighted by molar-refractivity contribution is -0.129. The molecule has 0 spiro atoms. The van der Waals surface area contributed by atoms with Crippen LogP contribution >= 0.6 is 0 Å². The van der Waals surface area contributed by atoms with E-state index in [1.165, 1.54) is 44.9 Å². The number of nitrogens with one attached hydrogen (secondary N) is 2. The Hall–Kier alpha value is -3.44. The number of piperazine rings is 1. The van der Waals surface area contributed by atoms with Crippen molar-refractivity contribution < 1.29 is 9.32 Å². The minimum atomic E-state index is -0.647. The summed E-state index contributed by atoms with van der Waals surface area (Å²) in [5.74, 6) is 3.40. The number of aromatic amines is 1. The normalized spacial score (nSPS) is 24.8. The van der Waals surface area contributed by atoms with Crippen molar-refractivity contribution in [3.05, 3.63) is 10.6 Å². The van der Waals surface area contributed by atoms with Gasteiger partial charge in [0, 0.05) is 45.2 Å². The van der Waals surface area contributed by atoms with Crippen LogP contribution < -0.4 is 16.0 Å². The average Bonchev–Trinajstić information content (AvgIpc) is 3.48. The second-order valence-electron chi connectivity index (χ2n) is 12.3. The third kappa shape index (κ3) is 5.19. The van der Waals surface area contributed by atoms with Crippen LogP contribution in [-0.4, -0.2) is 72.2 Å². The molecule has 2 N–H and O–H groups in total. The molecule has 1 aliphatic heterocycles. The maximum Gasteiger partial charge on any atom is 0.439 e. The van der Waals surface area contributed by atoms with Crippen molar-refractivity contribution in [3.63, 3.8) is 0 Å². The van der Waals surface area contributed by atoms with Gasteiger partial charge in [-0.05, 0) is 57.3 Å². The summed E-state index contributed by atoms with van der Waals surface area (Å²) in [5.41, 5.74) is 1.45. The number of nitrogens with zero attached hydrogens (tertiary/aromatic N) is 7. The first-order valence-corrected chi connectivity index (χ1v) is 14.9. The number of rotatable bonds is 7. The Bertz CT molecular complexity index is 1420. The summed E-state index contributed by atoms with van der Waals surface area (Å²) >= 11 is 0. The number of hydrogen-bond acceptors (Lipinski definition) is 9. The zero-order chi connectivity index (χ0) is 28.0. The molecule has 2 atom stereocenters. The Morgan fingerprint density at radius 2 is 1.88 bits per heavy atom. The third-order valence-electron chi connectivity index (χ3n) is 9.36. The first kappa shape index (κ1) is 26.8. The lowest BCUT2D eigenvalue weighted by Gasteiger charge is -2.40. The first-order chi connectivity index (χ1) is 19.3. The fourth-order valence-corrected chi connectivity index (χ4v) is 6.53. The number of aromatic nitrogens is 6. The van der Waals surface area contributed by atoms with Crippen LogP contribution in [0, 0.1) is 17.8 Å². The van der Waals surface area contributed by atoms with E-state index >= 15 is 0 Å². The molecule has 40 heavy (non-hydrogen) atoms. The van der Waals surface area contributed by atoms with E-state index in [1.54, 1.807) is 6.92 Å². The maximum atomic E-state index is 12.1. The molecule has 12 heteroatoms. The van der Waals surface area contributed by atoms with E-state index in [4.69, 9.17) is 19.5 Å². The van der Waals surface area contributed by atoms with Crippen molar-refractivity contribution in [1.82, 2.24) is 34.6 Å². The number of carbonyl (C=O) groups is 1. The lowest BCUT2D eigenvalue weighted by Crippen LogP contribution is -2.54. The van der Waals surface area contributed by atoms with Crippen LogP contribution in [0.5, 0.6) is 0 Å². The largest absolute Gasteiger partial charge is 0.439 e. The van der Waals surface area contributed by atoms with E-state index in [2.05, 4.69) is 45.7 Å². The third-order valence-corrected chi connectivity index (χ3v) is 9.36. The molecule has 3 aromatic rings. The smallest absolute Gasteiger partial charge is 0.365 e. The summed E-state index contributed by atoms with van der Waals surface area (Å²) in [7, 11) is 0. The van der Waals surface area contributed by atoms with Crippen LogP contribution in [0.4, 0.5) is 11.8 Å². The van der Waals surface area contributed by atoms with Crippen molar-refractivity contribution in [1.29, 1.82) is 0 Å². The van der Waals surface area contributed by atoms with Gasteiger partial charge in [0.15, 0.2) is 11.5 Å². The van der Waals surface area contributed by atoms with Crippen LogP contribution in [0.15, 0.2) is 9.32 Å². The number of H-pyrrole nitrogens is 1. The van der Waals surface area contributed by atoms with Crippen LogP contribution in [-0.2, 0) is 11.3 Å². The Kier molecular flexibility index (Phi) is 7.26. The molecule has 0 unspecified atom stereocenters. The highest BCUT2D eigenvalue weighted by Crippen LogP contribution is 2.37. The fourth-order valence-electron chi connectivity index (χ4n) is 6.53. The molecule has 2 aliphatic carbocycles. The quantitative estimate of drug-likeness (QED) is 0.450. The molecule has 3 aromatic heterocycles. The molecule has 6 rings (SSSR count). The molecule has 216 valence electrons. The summed E-state index contributed by atoms with van der Waals surface area (Å²) in [6, 6.07) is 0.334. The molecule has 12 nitrogen and oxygen atoms in total. The number of hydrogen-bond donors (Lipinski definition) is 2. The highest BCUT2D eigenvalue weighted by molar-refractivity contribution is 5.87. The van der Waals surface area contributed by atoms with Gasteiger partial charge in [0.25, 0.3) is 0 Å². The van der Waals surface area contributed by atoms with Crippen molar-refractivity contribution in [2.75, 3.05) is 29.9 Å². The molecule has 0 radical (unpaired) electrons. The first-order valence-electron chi connectivity index (χ1n) is 14.9. The van der Waals surface area contributed by atoms with Crippen molar-refractivity contribution >= 4 is 28.8 Å². The van der Waals surface area contributed by atoms with Gasteiger partial charge in [-0.25, -0.2) is 14.8 Å². The SMILES string of the molecule is CC(=O)N1CCN(c2nc3nc(-c4noc(=O)[nH]4)nc(N[C@H](C)C4CCC4)c3n2C[C@H]2CC[C@H](C)CC2)[C@H](C)C1. The Morgan fingerprint density at radius 1 is 1.10 bits per heavy atom. The zero-order valence-corrected chi connectivity index (χ0v) is 24.0. The zero-order valence-electron chi connectivity index (χ0n) is 24.0. The van der Waals surface area contributed by atoms with Gasteiger partial charge < -0.3 is 19.7 Å². The highest BCUT2D eigenvalue weighted by atomic mass is 16.5. The fraction of sp³-hybridized carbons (Fsp3) is 0.714. The molecular formula is C28H41N9O3. The Morgan fingerprint density at radius 3 is 2.50 bits per heavy atom. The molecule has 0 bridgehead atoms. The van der Waals surface area contributed by atoms with Crippen LogP contribution in [0.2, 0.25) is 0 Å². The Balaban J connectivity index is 1.46. The summed E-state index contributed by atoms with van der Waals surface area (Å²) in [5, 5.41) is 7.56. The topological polar surface area (TPSA) is 138 Å². The summed E-state index contributed by atoms with van der Waals surface area (Å²) < 4.78 is 7.09. The number of carbonyl (C=O) groups excluding carboxylic acids is 1. The summed E-state index contributed by atoms with van der Waals surface area (Å²) in [6.07, 6.45) is 8.52. The minimum absolute atomic E-state index is 0.101. The monoisotopic (exact) mass is 551 g/mol. The number of imidazole rings is 1. The molecular weight excluding hydrogens is 510 g/mol. The second-order valence-corrected chi connectivity index (χ2v) is 12.3. The summed E-state index contributed by atoms with van der Waals surface area (Å²) in [6.45, 7) is 11.2. The van der Waals surface area contributed by atoms with E-state index in [1.807, 2.05) is 4.90 Å². The molecule has 2 saturated carbocycles. The van der Waals surface area contributed by atoms with Gasteiger partial charge in [0.05, 0.1) is 0 Å². The predicted octanol–water partition coefficient (Wildman–Crippen LogP) is 3.65. The maximum absolute atomic E-state index is 12.1. The van der Waals surface area contributed by atoms with Gasteiger partial charge in [-0.3, -0.25) is 14.3 Å². The van der Waals surface area contributed by atoms with Gasteiger partial charge >= 0.3 is 5.76 Å². The summed E-state index contributed by atoms with van der Waals surface area (Å²) in [4.78, 5) is 45.5. The molecule has 4 heterocycles. The highest BCUT2D eigenvalue weighted by Gasteiger charge is 2.33. The van der Waals surface area contributed by atoms with Crippen molar-refractivity contribution in [2.45, 2.75) is 91.3 Å². The van der Waals surface area contributed by atoms with Gasteiger partial charge in [0.2, 0.25) is 23.5 Å². The Labute approximate surface area is 233 Å². The second kappa shape index (κ2) is 10.9. The van der Waals surface area contributed by atoms with E-state index in [-0.39, 0.29) is 29.6 Å². The van der Waals surface area contributed by atoms with Crippen molar-refractivity contribution in [3.8, 4) is 11.6 Å². The van der Waals surface area contributed by atoms with Gasteiger partial charge in [-0.2, -0.15) is 4.98 Å². The molecule has 0 aromatic carbocycles. The van der Waals surface area contributed by atoms with Gasteiger partial charge in [-0.15, -0.1) is 0 Å². The minimum Gasteiger partial charge on any atom is -0.365 e. The number of anilines is 2. The number of fused-ring (bicyclic) bond motifs is 1. The predicted molar refractivity (Wildman–Crippen MR) is 152 cm³/mol. The van der Waals surface area contributed by atoms with Crippen LogP contribution in [0.1, 0.15) is 72.6 Å². The van der Waals surface area contributed by atoms with E-state index in [0.717, 1.165) is 23.9 Å². The van der Waals surface area contributed by atoms with E-state index in [0.29, 0.717) is 42.9 Å². The van der Waals surface area contributed by atoms with Crippen molar-refractivity contribution in [2.24, 2.45) is 17.8 Å². The average molecular weight is 552 g/mol. The number of amides is 1. The van der Waals surface area contributed by atoms with E-state index in [9.17, 15) is 9.59 Å². The van der Waals surface area contributed by atoms with E-state index < -0.39 is 5.76 Å². The molecule has 3 fully saturated rings. The van der Waals surface area contributed by atoms with Gasteiger partial charge in [0.1, 0.15) is 5.52 Å². The van der Waals surface area contributed by atoms with Crippen LogP contribution in [0.25, 0.3) is 22.8 Å². The standard InChI is InChI=1S/C28H41N9O3/c1-16-8-10-20(11-9-16)15-37-22-23(29-18(3)21-6-5-7-21)30-25(26-33-28(39)40-34-26)31-24(22)32-27(37)36-13-12-35(19(4)38)14-17(36)2/h16-18,20-21H,5-15H2,1-4H3,(H,29,30,31)(H,33,34,39)/t16-,17-,18-,20-/m1/s1.